The highest BCUT2D eigenvalue weighted by Crippen LogP contribution is 2.25. The van der Waals surface area contributed by atoms with Gasteiger partial charge in [-0.3, -0.25) is 0 Å². The van der Waals surface area contributed by atoms with Crippen molar-refractivity contribution >= 4 is 11.8 Å². The summed E-state index contributed by atoms with van der Waals surface area (Å²) in [6, 6.07) is 2.22. The lowest BCUT2D eigenvalue weighted by atomic mass is 10.1. The van der Waals surface area contributed by atoms with Crippen LogP contribution in [-0.4, -0.2) is 25.0 Å². The minimum atomic E-state index is 0.506. The van der Waals surface area contributed by atoms with Crippen LogP contribution in [0.1, 0.15) is 36.5 Å². The van der Waals surface area contributed by atoms with E-state index in [0.29, 0.717) is 22.3 Å². The number of hydrogen-bond acceptors (Lipinski definition) is 6. The molecule has 0 radical (unpaired) electrons. The van der Waals surface area contributed by atoms with Crippen LogP contribution >= 0.6 is 11.8 Å². The molecular weight excluding hydrogens is 284 g/mol. The van der Waals surface area contributed by atoms with Gasteiger partial charge in [0, 0.05) is 6.54 Å². The highest BCUT2D eigenvalue weighted by Gasteiger charge is 2.13. The third-order valence-corrected chi connectivity index (χ3v) is 4.07. The first-order chi connectivity index (χ1) is 10.0. The van der Waals surface area contributed by atoms with Crippen LogP contribution in [0.15, 0.2) is 11.4 Å². The van der Waals surface area contributed by atoms with Gasteiger partial charge in [0.15, 0.2) is 0 Å². The molecule has 0 aromatic carbocycles. The van der Waals surface area contributed by atoms with Crippen molar-refractivity contribution in [3.63, 3.8) is 0 Å². The Morgan fingerprint density at radius 2 is 2.10 bits per heavy atom. The van der Waals surface area contributed by atoms with E-state index in [1.807, 2.05) is 18.5 Å². The Hall–Kier alpha value is -1.94. The highest BCUT2D eigenvalue weighted by atomic mass is 32.2. The lowest BCUT2D eigenvalue weighted by Crippen LogP contribution is -2.10. The maximum atomic E-state index is 9.29. The maximum absolute atomic E-state index is 9.29. The molecule has 0 aliphatic rings. The predicted molar refractivity (Wildman–Crippen MR) is 80.6 cm³/mol. The van der Waals surface area contributed by atoms with E-state index in [0.717, 1.165) is 23.6 Å². The van der Waals surface area contributed by atoms with Crippen molar-refractivity contribution in [1.82, 2.24) is 25.0 Å². The summed E-state index contributed by atoms with van der Waals surface area (Å²) in [5, 5.41) is 22.4. The number of nitrogens with zero attached hydrogens (tertiary/aromatic N) is 6. The van der Waals surface area contributed by atoms with E-state index in [-0.39, 0.29) is 0 Å². The SMILES string of the molecule is Cc1nnc(SCc2ncnn2CC(C)C)c(C#N)c1C. The molecule has 0 unspecified atom stereocenters. The first-order valence-electron chi connectivity index (χ1n) is 6.76. The van der Waals surface area contributed by atoms with Gasteiger partial charge in [0.05, 0.1) is 17.0 Å². The summed E-state index contributed by atoms with van der Waals surface area (Å²) in [5.41, 5.74) is 2.28. The summed E-state index contributed by atoms with van der Waals surface area (Å²) in [7, 11) is 0. The maximum Gasteiger partial charge on any atom is 0.138 e. The minimum Gasteiger partial charge on any atom is -0.249 e. The first kappa shape index (κ1) is 15.4. The number of hydrogen-bond donors (Lipinski definition) is 0. The van der Waals surface area contributed by atoms with Crippen molar-refractivity contribution in [1.29, 1.82) is 5.26 Å². The van der Waals surface area contributed by atoms with Gasteiger partial charge in [-0.2, -0.15) is 15.5 Å². The molecule has 2 aromatic heterocycles. The second-order valence-corrected chi connectivity index (χ2v) is 6.21. The van der Waals surface area contributed by atoms with Crippen molar-refractivity contribution in [2.24, 2.45) is 5.92 Å². The molecule has 0 bridgehead atoms. The molecule has 0 N–H and O–H groups in total. The van der Waals surface area contributed by atoms with Gasteiger partial charge in [-0.25, -0.2) is 9.67 Å². The summed E-state index contributed by atoms with van der Waals surface area (Å²) < 4.78 is 1.90. The summed E-state index contributed by atoms with van der Waals surface area (Å²) in [6.45, 7) is 8.87. The molecule has 21 heavy (non-hydrogen) atoms. The molecule has 2 rings (SSSR count). The third-order valence-electron chi connectivity index (χ3n) is 3.11. The Bertz CT molecular complexity index is 671. The first-order valence-corrected chi connectivity index (χ1v) is 7.75. The lowest BCUT2D eigenvalue weighted by molar-refractivity contribution is 0.471. The Balaban J connectivity index is 2.16. The fourth-order valence-corrected chi connectivity index (χ4v) is 2.78. The molecule has 2 aromatic rings. The molecule has 0 aliphatic heterocycles. The molecular formula is C14H18N6S. The molecule has 110 valence electrons. The third kappa shape index (κ3) is 3.58. The zero-order valence-electron chi connectivity index (χ0n) is 12.7. The van der Waals surface area contributed by atoms with Crippen molar-refractivity contribution in [2.45, 2.75) is 45.0 Å². The fourth-order valence-electron chi connectivity index (χ4n) is 1.85. The van der Waals surface area contributed by atoms with Gasteiger partial charge in [0.1, 0.15) is 23.2 Å². The topological polar surface area (TPSA) is 80.3 Å². The number of rotatable bonds is 5. The van der Waals surface area contributed by atoms with Crippen LogP contribution in [0.2, 0.25) is 0 Å². The summed E-state index contributed by atoms with van der Waals surface area (Å²) in [4.78, 5) is 4.28. The Morgan fingerprint density at radius 1 is 1.33 bits per heavy atom. The average molecular weight is 302 g/mol. The van der Waals surface area contributed by atoms with E-state index >= 15 is 0 Å². The van der Waals surface area contributed by atoms with Crippen LogP contribution in [0.5, 0.6) is 0 Å². The van der Waals surface area contributed by atoms with Gasteiger partial charge in [-0.1, -0.05) is 25.6 Å². The van der Waals surface area contributed by atoms with E-state index < -0.39 is 0 Å². The number of thioether (sulfide) groups is 1. The van der Waals surface area contributed by atoms with Crippen molar-refractivity contribution in [3.05, 3.63) is 29.0 Å². The van der Waals surface area contributed by atoms with Gasteiger partial charge in [-0.15, -0.1) is 5.10 Å². The normalized spacial score (nSPS) is 10.9. The summed E-state index contributed by atoms with van der Waals surface area (Å²) in [6.07, 6.45) is 1.57. The number of aromatic nitrogens is 5. The predicted octanol–water partition coefficient (Wildman–Crippen LogP) is 2.50. The van der Waals surface area contributed by atoms with Crippen molar-refractivity contribution < 1.29 is 0 Å². The van der Waals surface area contributed by atoms with E-state index in [4.69, 9.17) is 0 Å². The average Bonchev–Trinajstić information content (AvgIpc) is 2.86. The Morgan fingerprint density at radius 3 is 2.76 bits per heavy atom. The Kier molecular flexibility index (Phi) is 4.91. The summed E-state index contributed by atoms with van der Waals surface area (Å²) in [5.74, 6) is 2.02. The largest absolute Gasteiger partial charge is 0.249 e. The molecule has 0 atom stereocenters. The van der Waals surface area contributed by atoms with Gasteiger partial charge < -0.3 is 0 Å². The van der Waals surface area contributed by atoms with Crippen LogP contribution in [0.4, 0.5) is 0 Å². The van der Waals surface area contributed by atoms with Crippen LogP contribution in [0.25, 0.3) is 0 Å². The highest BCUT2D eigenvalue weighted by molar-refractivity contribution is 7.98. The fraction of sp³-hybridized carbons (Fsp3) is 0.500. The van der Waals surface area contributed by atoms with Gasteiger partial charge in [0.25, 0.3) is 0 Å². The van der Waals surface area contributed by atoms with Crippen molar-refractivity contribution in [3.8, 4) is 6.07 Å². The van der Waals surface area contributed by atoms with Gasteiger partial charge in [-0.05, 0) is 25.3 Å². The quantitative estimate of drug-likeness (QED) is 0.789. The molecule has 2 heterocycles. The van der Waals surface area contributed by atoms with Gasteiger partial charge in [0.2, 0.25) is 0 Å². The van der Waals surface area contributed by atoms with E-state index in [1.54, 1.807) is 6.33 Å². The zero-order valence-corrected chi connectivity index (χ0v) is 13.5. The molecule has 0 spiro atoms. The molecule has 6 nitrogen and oxygen atoms in total. The van der Waals surface area contributed by atoms with Crippen LogP contribution in [0.3, 0.4) is 0 Å². The summed E-state index contributed by atoms with van der Waals surface area (Å²) >= 11 is 1.47. The second kappa shape index (κ2) is 6.68. The molecule has 0 fully saturated rings. The van der Waals surface area contributed by atoms with Crippen LogP contribution < -0.4 is 0 Å². The molecule has 0 saturated heterocycles. The van der Waals surface area contributed by atoms with E-state index in [9.17, 15) is 5.26 Å². The van der Waals surface area contributed by atoms with Crippen LogP contribution in [-0.2, 0) is 12.3 Å². The molecule has 0 amide bonds. The number of nitriles is 1. The standard InChI is InChI=1S/C14H18N6S/c1-9(2)6-20-13(16-8-17-20)7-21-14-12(5-15)10(3)11(4)18-19-14/h8-9H,6-7H2,1-4H3. The molecule has 7 heteroatoms. The zero-order chi connectivity index (χ0) is 15.4. The lowest BCUT2D eigenvalue weighted by Gasteiger charge is -2.09. The second-order valence-electron chi connectivity index (χ2n) is 5.24. The monoisotopic (exact) mass is 302 g/mol. The smallest absolute Gasteiger partial charge is 0.138 e. The molecule has 0 saturated carbocycles. The van der Waals surface area contributed by atoms with E-state index in [2.05, 4.69) is 40.2 Å². The van der Waals surface area contributed by atoms with E-state index in [1.165, 1.54) is 11.8 Å². The van der Waals surface area contributed by atoms with Crippen LogP contribution in [0, 0.1) is 31.1 Å². The minimum absolute atomic E-state index is 0.506. The Labute approximate surface area is 128 Å². The van der Waals surface area contributed by atoms with Crippen molar-refractivity contribution in [2.75, 3.05) is 0 Å². The number of aryl methyl sites for hydroxylation is 1. The molecule has 0 aliphatic carbocycles. The van der Waals surface area contributed by atoms with Gasteiger partial charge >= 0.3 is 0 Å².